The molecule has 1 aromatic rings. The monoisotopic (exact) mass is 348 g/mol. The van der Waals surface area contributed by atoms with Crippen LogP contribution in [0.25, 0.3) is 6.08 Å². The summed E-state index contributed by atoms with van der Waals surface area (Å²) >= 11 is 3.01. The molecular formula is C11H13BrN2O6. The maximum atomic E-state index is 11.8. The first-order valence-corrected chi connectivity index (χ1v) is 6.65. The summed E-state index contributed by atoms with van der Waals surface area (Å²) < 4.78 is 6.12. The van der Waals surface area contributed by atoms with Crippen molar-refractivity contribution in [2.24, 2.45) is 0 Å². The molecule has 0 aliphatic carbocycles. The lowest BCUT2D eigenvalue weighted by Gasteiger charge is -2.35. The molecule has 2 heterocycles. The predicted molar refractivity (Wildman–Crippen MR) is 72.3 cm³/mol. The maximum Gasteiger partial charge on any atom is 0.330 e. The summed E-state index contributed by atoms with van der Waals surface area (Å²) in [4.78, 5) is 26.8. The standard InChI is InChI=1S/C11H13BrN2O6/c12-2-1-5-3-14(11(19)13-9(5)18)10-8(17)7(16)6(15)4-20-10/h1-3,6-8,10,15-17H,4H2,(H,13,18,19)/b2-1+/t6-,7-,8+,10-/m1/s1. The number of rotatable bonds is 2. The van der Waals surface area contributed by atoms with Crippen LogP contribution in [0.5, 0.6) is 0 Å². The molecule has 1 fully saturated rings. The molecule has 0 radical (unpaired) electrons. The maximum absolute atomic E-state index is 11.8. The molecule has 1 saturated heterocycles. The largest absolute Gasteiger partial charge is 0.388 e. The summed E-state index contributed by atoms with van der Waals surface area (Å²) in [6.45, 7) is -0.238. The molecule has 0 bridgehead atoms. The van der Waals surface area contributed by atoms with Crippen molar-refractivity contribution < 1.29 is 20.1 Å². The van der Waals surface area contributed by atoms with Crippen LogP contribution >= 0.6 is 15.9 Å². The number of aliphatic hydroxyl groups is 3. The van der Waals surface area contributed by atoms with Crippen molar-refractivity contribution in [1.29, 1.82) is 0 Å². The van der Waals surface area contributed by atoms with E-state index in [2.05, 4.69) is 20.9 Å². The first-order chi connectivity index (χ1) is 9.45. The average Bonchev–Trinajstić information content (AvgIpc) is 2.40. The van der Waals surface area contributed by atoms with E-state index >= 15 is 0 Å². The highest BCUT2D eigenvalue weighted by Crippen LogP contribution is 2.22. The minimum Gasteiger partial charge on any atom is -0.388 e. The average molecular weight is 349 g/mol. The van der Waals surface area contributed by atoms with Gasteiger partial charge in [0.05, 0.1) is 12.2 Å². The van der Waals surface area contributed by atoms with Gasteiger partial charge in [0.2, 0.25) is 0 Å². The number of hydrogen-bond donors (Lipinski definition) is 4. The van der Waals surface area contributed by atoms with Gasteiger partial charge in [-0.3, -0.25) is 14.3 Å². The lowest BCUT2D eigenvalue weighted by Crippen LogP contribution is -2.52. The van der Waals surface area contributed by atoms with Gasteiger partial charge in [-0.05, 0) is 11.1 Å². The second-order valence-electron chi connectivity index (χ2n) is 4.32. The van der Waals surface area contributed by atoms with Gasteiger partial charge in [0.15, 0.2) is 6.23 Å². The third-order valence-corrected chi connectivity index (χ3v) is 3.25. The first-order valence-electron chi connectivity index (χ1n) is 5.73. The summed E-state index contributed by atoms with van der Waals surface area (Å²) in [5.41, 5.74) is -1.21. The van der Waals surface area contributed by atoms with E-state index in [0.29, 0.717) is 0 Å². The van der Waals surface area contributed by atoms with Gasteiger partial charge in [-0.2, -0.15) is 0 Å². The fourth-order valence-corrected chi connectivity index (χ4v) is 2.20. The van der Waals surface area contributed by atoms with Gasteiger partial charge >= 0.3 is 5.69 Å². The van der Waals surface area contributed by atoms with Gasteiger partial charge in [-0.25, -0.2) is 4.79 Å². The number of aromatic nitrogens is 2. The Kier molecular flexibility index (Phi) is 4.55. The number of halogens is 1. The fourth-order valence-electron chi connectivity index (χ4n) is 1.91. The van der Waals surface area contributed by atoms with Crippen LogP contribution in [0.4, 0.5) is 0 Å². The van der Waals surface area contributed by atoms with Crippen molar-refractivity contribution in [2.45, 2.75) is 24.5 Å². The highest BCUT2D eigenvalue weighted by molar-refractivity contribution is 9.11. The van der Waals surface area contributed by atoms with Gasteiger partial charge in [0.1, 0.15) is 18.3 Å². The van der Waals surface area contributed by atoms with E-state index in [1.54, 1.807) is 0 Å². The molecule has 0 unspecified atom stereocenters. The fraction of sp³-hybridized carbons (Fsp3) is 0.455. The molecular weight excluding hydrogens is 336 g/mol. The Bertz CT molecular complexity index is 624. The molecule has 4 N–H and O–H groups in total. The molecule has 0 amide bonds. The van der Waals surface area contributed by atoms with E-state index in [9.17, 15) is 24.9 Å². The van der Waals surface area contributed by atoms with E-state index in [4.69, 9.17) is 4.74 Å². The quantitative estimate of drug-likeness (QED) is 0.516. The highest BCUT2D eigenvalue weighted by atomic mass is 79.9. The number of ether oxygens (including phenoxy) is 1. The molecule has 1 aliphatic heterocycles. The number of hydrogen-bond acceptors (Lipinski definition) is 6. The number of H-pyrrole nitrogens is 1. The Balaban J connectivity index is 2.45. The molecule has 8 nitrogen and oxygen atoms in total. The lowest BCUT2D eigenvalue weighted by atomic mass is 10.0. The topological polar surface area (TPSA) is 125 Å². The zero-order chi connectivity index (χ0) is 14.9. The van der Waals surface area contributed by atoms with Crippen molar-refractivity contribution >= 4 is 22.0 Å². The van der Waals surface area contributed by atoms with E-state index in [0.717, 1.165) is 4.57 Å². The normalized spacial score (nSPS) is 30.8. The molecule has 2 rings (SSSR count). The van der Waals surface area contributed by atoms with Crippen molar-refractivity contribution in [1.82, 2.24) is 9.55 Å². The summed E-state index contributed by atoms with van der Waals surface area (Å²) in [5.74, 6) is 0. The van der Waals surface area contributed by atoms with Gasteiger partial charge in [-0.1, -0.05) is 15.9 Å². The SMILES string of the molecule is O=c1[nH]c(=O)n([C@@H]2OC[C@@H](O)[C@@H](O)[C@@H]2O)cc1/C=C/Br. The van der Waals surface area contributed by atoms with Crippen LogP contribution in [0.1, 0.15) is 11.8 Å². The van der Waals surface area contributed by atoms with E-state index in [-0.39, 0.29) is 12.2 Å². The zero-order valence-electron chi connectivity index (χ0n) is 10.1. The molecule has 1 aromatic heterocycles. The van der Waals surface area contributed by atoms with Gasteiger partial charge in [-0.15, -0.1) is 0 Å². The van der Waals surface area contributed by atoms with Crippen molar-refractivity contribution in [3.8, 4) is 0 Å². The first kappa shape index (κ1) is 15.1. The number of aromatic amines is 1. The second kappa shape index (κ2) is 6.02. The Labute approximate surface area is 121 Å². The zero-order valence-corrected chi connectivity index (χ0v) is 11.7. The number of aliphatic hydroxyl groups excluding tert-OH is 3. The second-order valence-corrected chi connectivity index (χ2v) is 4.84. The van der Waals surface area contributed by atoms with Crippen LogP contribution < -0.4 is 11.2 Å². The Hall–Kier alpha value is -1.26. The summed E-state index contributed by atoms with van der Waals surface area (Å²) in [6, 6.07) is 0. The Morgan fingerprint density at radius 3 is 2.70 bits per heavy atom. The molecule has 1 aliphatic rings. The van der Waals surface area contributed by atoms with Gasteiger partial charge in [0.25, 0.3) is 5.56 Å². The minimum absolute atomic E-state index is 0.165. The molecule has 0 spiro atoms. The highest BCUT2D eigenvalue weighted by Gasteiger charge is 2.39. The molecule has 110 valence electrons. The van der Waals surface area contributed by atoms with Crippen molar-refractivity contribution in [2.75, 3.05) is 6.61 Å². The number of nitrogens with zero attached hydrogens (tertiary/aromatic N) is 1. The summed E-state index contributed by atoms with van der Waals surface area (Å²) in [7, 11) is 0. The minimum atomic E-state index is -1.50. The van der Waals surface area contributed by atoms with Crippen LogP contribution in [-0.2, 0) is 4.74 Å². The van der Waals surface area contributed by atoms with Gasteiger partial charge in [0, 0.05) is 6.20 Å². The van der Waals surface area contributed by atoms with E-state index in [1.807, 2.05) is 0 Å². The summed E-state index contributed by atoms with van der Waals surface area (Å²) in [5, 5.41) is 28.8. The Morgan fingerprint density at radius 2 is 2.05 bits per heavy atom. The number of nitrogens with one attached hydrogen (secondary N) is 1. The molecule has 0 saturated carbocycles. The Morgan fingerprint density at radius 1 is 1.35 bits per heavy atom. The van der Waals surface area contributed by atoms with Crippen LogP contribution in [0, 0.1) is 0 Å². The molecule has 0 aromatic carbocycles. The summed E-state index contributed by atoms with van der Waals surface area (Å²) in [6.07, 6.45) is -2.75. The van der Waals surface area contributed by atoms with Crippen LogP contribution in [0.2, 0.25) is 0 Å². The van der Waals surface area contributed by atoms with E-state index < -0.39 is 35.8 Å². The van der Waals surface area contributed by atoms with Gasteiger partial charge < -0.3 is 20.1 Å². The van der Waals surface area contributed by atoms with Crippen molar-refractivity contribution in [3.05, 3.63) is 37.6 Å². The van der Waals surface area contributed by atoms with Crippen molar-refractivity contribution in [3.63, 3.8) is 0 Å². The third-order valence-electron chi connectivity index (χ3n) is 2.99. The smallest absolute Gasteiger partial charge is 0.330 e. The third kappa shape index (κ3) is 2.76. The van der Waals surface area contributed by atoms with Crippen LogP contribution in [0.15, 0.2) is 20.8 Å². The lowest BCUT2D eigenvalue weighted by molar-refractivity contribution is -0.212. The van der Waals surface area contributed by atoms with E-state index in [1.165, 1.54) is 17.3 Å². The molecule has 20 heavy (non-hydrogen) atoms. The van der Waals surface area contributed by atoms with Crippen LogP contribution in [0.3, 0.4) is 0 Å². The van der Waals surface area contributed by atoms with Crippen LogP contribution in [-0.4, -0.2) is 49.8 Å². The predicted octanol–water partition coefficient (Wildman–Crippen LogP) is -1.49. The molecule has 9 heteroatoms. The molecule has 4 atom stereocenters.